The number of carbonyl (C=O) groups excluding carboxylic acids is 1. The Morgan fingerprint density at radius 3 is 2.34 bits per heavy atom. The van der Waals surface area contributed by atoms with Crippen molar-refractivity contribution < 1.29 is 37.3 Å². The SMILES string of the molecule is COCCN1CC2(CCN(C(=O)c3ncn(C)n3)CC2)CC1COC.O=C(O)C(F)(F)F. The lowest BCUT2D eigenvalue weighted by atomic mass is 9.76. The predicted molar refractivity (Wildman–Crippen MR) is 106 cm³/mol. The molecule has 32 heavy (non-hydrogen) atoms. The van der Waals surface area contributed by atoms with E-state index in [0.29, 0.717) is 11.9 Å². The van der Waals surface area contributed by atoms with E-state index in [9.17, 15) is 18.0 Å². The highest BCUT2D eigenvalue weighted by atomic mass is 19.4. The van der Waals surface area contributed by atoms with Crippen LogP contribution in [0.2, 0.25) is 0 Å². The second kappa shape index (κ2) is 11.1. The van der Waals surface area contributed by atoms with E-state index in [4.69, 9.17) is 19.4 Å². The third kappa shape index (κ3) is 6.87. The minimum Gasteiger partial charge on any atom is -0.475 e. The predicted octanol–water partition coefficient (Wildman–Crippen LogP) is 1.04. The molecule has 1 spiro atoms. The number of nitrogens with zero attached hydrogens (tertiary/aromatic N) is 5. The highest BCUT2D eigenvalue weighted by molar-refractivity contribution is 5.90. The van der Waals surface area contributed by atoms with E-state index in [0.717, 1.165) is 58.7 Å². The van der Waals surface area contributed by atoms with Crippen molar-refractivity contribution in [2.24, 2.45) is 12.5 Å². The largest absolute Gasteiger partial charge is 0.490 e. The summed E-state index contributed by atoms with van der Waals surface area (Å²) in [6, 6.07) is 0.444. The molecule has 1 unspecified atom stereocenters. The molecule has 10 nitrogen and oxygen atoms in total. The number of hydrogen-bond donors (Lipinski definition) is 1. The van der Waals surface area contributed by atoms with Crippen LogP contribution in [0.15, 0.2) is 6.33 Å². The first-order valence-electron chi connectivity index (χ1n) is 10.2. The number of carbonyl (C=O) groups is 2. The molecule has 0 bridgehead atoms. The van der Waals surface area contributed by atoms with Gasteiger partial charge in [0, 0.05) is 53.5 Å². The van der Waals surface area contributed by atoms with Crippen LogP contribution in [0.3, 0.4) is 0 Å². The normalized spacial score (nSPS) is 20.8. The summed E-state index contributed by atoms with van der Waals surface area (Å²) in [5, 5.41) is 11.3. The van der Waals surface area contributed by atoms with E-state index in [2.05, 4.69) is 15.0 Å². The maximum Gasteiger partial charge on any atom is 0.490 e. The molecule has 182 valence electrons. The molecular weight excluding hydrogens is 435 g/mol. The van der Waals surface area contributed by atoms with Crippen molar-refractivity contribution in [1.29, 1.82) is 0 Å². The fourth-order valence-electron chi connectivity index (χ4n) is 4.21. The zero-order valence-corrected chi connectivity index (χ0v) is 18.5. The molecule has 1 N–H and O–H groups in total. The average Bonchev–Trinajstić information content (AvgIpc) is 3.30. The maximum atomic E-state index is 12.5. The second-order valence-electron chi connectivity index (χ2n) is 8.11. The lowest BCUT2D eigenvalue weighted by Gasteiger charge is -2.39. The van der Waals surface area contributed by atoms with E-state index in [-0.39, 0.29) is 11.3 Å². The molecule has 3 rings (SSSR count). The van der Waals surface area contributed by atoms with Gasteiger partial charge in [0.05, 0.1) is 13.2 Å². The van der Waals surface area contributed by atoms with Crippen LogP contribution in [0.1, 0.15) is 29.9 Å². The zero-order chi connectivity index (χ0) is 23.9. The van der Waals surface area contributed by atoms with Gasteiger partial charge in [-0.1, -0.05) is 0 Å². The van der Waals surface area contributed by atoms with Gasteiger partial charge in [-0.05, 0) is 24.7 Å². The van der Waals surface area contributed by atoms with Crippen LogP contribution >= 0.6 is 0 Å². The summed E-state index contributed by atoms with van der Waals surface area (Å²) in [7, 11) is 5.28. The number of rotatable bonds is 6. The summed E-state index contributed by atoms with van der Waals surface area (Å²) < 4.78 is 44.0. The number of alkyl halides is 3. The molecule has 3 heterocycles. The third-order valence-corrected chi connectivity index (χ3v) is 5.81. The summed E-state index contributed by atoms with van der Waals surface area (Å²) in [5.41, 5.74) is 0.283. The number of aryl methyl sites for hydroxylation is 1. The fourth-order valence-corrected chi connectivity index (χ4v) is 4.21. The van der Waals surface area contributed by atoms with Gasteiger partial charge in [-0.15, -0.1) is 5.10 Å². The van der Waals surface area contributed by atoms with Crippen molar-refractivity contribution in [3.63, 3.8) is 0 Å². The van der Waals surface area contributed by atoms with Crippen LogP contribution in [-0.2, 0) is 21.3 Å². The van der Waals surface area contributed by atoms with Gasteiger partial charge in [-0.3, -0.25) is 14.4 Å². The Balaban J connectivity index is 0.000000451. The number of carboxylic acid groups (broad SMARTS) is 1. The van der Waals surface area contributed by atoms with Gasteiger partial charge in [0.1, 0.15) is 6.33 Å². The minimum absolute atomic E-state index is 0.0573. The van der Waals surface area contributed by atoms with E-state index < -0.39 is 12.1 Å². The molecule has 0 aliphatic carbocycles. The van der Waals surface area contributed by atoms with Crippen molar-refractivity contribution in [1.82, 2.24) is 24.6 Å². The summed E-state index contributed by atoms with van der Waals surface area (Å²) in [4.78, 5) is 29.9. The van der Waals surface area contributed by atoms with Crippen LogP contribution < -0.4 is 0 Å². The number of halogens is 3. The number of carboxylic acids is 1. The van der Waals surface area contributed by atoms with Crippen LogP contribution in [0, 0.1) is 5.41 Å². The number of hydrogen-bond acceptors (Lipinski definition) is 7. The highest BCUT2D eigenvalue weighted by Gasteiger charge is 2.46. The van der Waals surface area contributed by atoms with Gasteiger partial charge < -0.3 is 19.5 Å². The lowest BCUT2D eigenvalue weighted by Crippen LogP contribution is -2.44. The van der Waals surface area contributed by atoms with Gasteiger partial charge in [0.25, 0.3) is 5.91 Å². The van der Waals surface area contributed by atoms with E-state index in [1.165, 1.54) is 0 Å². The molecule has 2 fully saturated rings. The van der Waals surface area contributed by atoms with E-state index >= 15 is 0 Å². The lowest BCUT2D eigenvalue weighted by molar-refractivity contribution is -0.192. The Bertz CT molecular complexity index is 765. The molecule has 1 amide bonds. The summed E-state index contributed by atoms with van der Waals surface area (Å²) in [5.74, 6) is -2.52. The minimum atomic E-state index is -5.08. The Labute approximate surface area is 184 Å². The maximum absolute atomic E-state index is 12.5. The summed E-state index contributed by atoms with van der Waals surface area (Å²) in [6.07, 6.45) is -0.336. The first-order chi connectivity index (χ1) is 15.0. The standard InChI is InChI=1S/C17H29N5O3.C2HF3O2/c1-20-13-18-15(19-20)16(23)21-6-4-17(5-7-21)10-14(11-25-3)22(12-17)8-9-24-2;3-2(4,5)1(6)7/h13-14H,4-12H2,1-3H3;(H,6,7). The van der Waals surface area contributed by atoms with Gasteiger partial charge in [-0.2, -0.15) is 13.2 Å². The first-order valence-corrected chi connectivity index (χ1v) is 10.2. The third-order valence-electron chi connectivity index (χ3n) is 5.81. The Morgan fingerprint density at radius 1 is 1.25 bits per heavy atom. The first kappa shape index (κ1) is 26.0. The smallest absolute Gasteiger partial charge is 0.475 e. The Hall–Kier alpha value is -2.25. The molecule has 2 aliphatic heterocycles. The van der Waals surface area contributed by atoms with Crippen LogP contribution in [0.5, 0.6) is 0 Å². The van der Waals surface area contributed by atoms with Gasteiger partial charge in [0.15, 0.2) is 0 Å². The van der Waals surface area contributed by atoms with Gasteiger partial charge in [0.2, 0.25) is 5.82 Å². The number of aliphatic carboxylic acids is 1. The molecule has 13 heteroatoms. The number of methoxy groups -OCH3 is 2. The van der Waals surface area contributed by atoms with Gasteiger partial charge in [-0.25, -0.2) is 9.78 Å². The molecule has 0 aromatic carbocycles. The summed E-state index contributed by atoms with van der Waals surface area (Å²) >= 11 is 0. The molecule has 2 saturated heterocycles. The van der Waals surface area contributed by atoms with E-state index in [1.54, 1.807) is 32.3 Å². The molecule has 2 aliphatic rings. The quantitative estimate of drug-likeness (QED) is 0.664. The average molecular weight is 465 g/mol. The van der Waals surface area contributed by atoms with E-state index in [1.807, 2.05) is 4.90 Å². The molecule has 1 aromatic rings. The number of piperidine rings is 1. The zero-order valence-electron chi connectivity index (χ0n) is 18.5. The van der Waals surface area contributed by atoms with Crippen LogP contribution in [-0.4, -0.2) is 107 Å². The Kier molecular flexibility index (Phi) is 8.98. The van der Waals surface area contributed by atoms with Crippen molar-refractivity contribution in [2.75, 3.05) is 53.6 Å². The number of aromatic nitrogens is 3. The topological polar surface area (TPSA) is 110 Å². The molecule has 0 saturated carbocycles. The molecule has 1 atom stereocenters. The van der Waals surface area contributed by atoms with Crippen molar-refractivity contribution in [2.45, 2.75) is 31.5 Å². The van der Waals surface area contributed by atoms with Crippen molar-refractivity contribution in [3.8, 4) is 0 Å². The highest BCUT2D eigenvalue weighted by Crippen LogP contribution is 2.43. The van der Waals surface area contributed by atoms with Crippen molar-refractivity contribution >= 4 is 11.9 Å². The molecule has 1 aromatic heterocycles. The van der Waals surface area contributed by atoms with Crippen molar-refractivity contribution in [3.05, 3.63) is 12.2 Å². The number of likely N-dealkylation sites (tertiary alicyclic amines) is 2. The molecular formula is C19H30F3N5O5. The van der Waals surface area contributed by atoms with Crippen LogP contribution in [0.4, 0.5) is 13.2 Å². The monoisotopic (exact) mass is 465 g/mol. The summed E-state index contributed by atoms with van der Waals surface area (Å²) in [6.45, 7) is 5.04. The fraction of sp³-hybridized carbons (Fsp3) is 0.789. The second-order valence-corrected chi connectivity index (χ2v) is 8.11. The van der Waals surface area contributed by atoms with Gasteiger partial charge >= 0.3 is 12.1 Å². The number of amides is 1. The van der Waals surface area contributed by atoms with Crippen LogP contribution in [0.25, 0.3) is 0 Å². The molecule has 0 radical (unpaired) electrons. The number of ether oxygens (including phenoxy) is 2. The Morgan fingerprint density at radius 2 is 1.88 bits per heavy atom.